The number of hydrogen-bond acceptors (Lipinski definition) is 0. The Morgan fingerprint density at radius 2 is 0.770 bits per heavy atom. The minimum Gasteiger partial charge on any atom is -0.147 e. The topological polar surface area (TPSA) is 0 Å². The first kappa shape index (κ1) is 48.3. The maximum atomic E-state index is 2.75. The predicted molar refractivity (Wildman–Crippen MR) is 270 cm³/mol. The molecule has 8 rings (SSSR count). The van der Waals surface area contributed by atoms with Gasteiger partial charge < -0.3 is 0 Å². The van der Waals surface area contributed by atoms with Crippen molar-refractivity contribution in [1.29, 1.82) is 0 Å². The number of hydrogen-bond donors (Lipinski definition) is 0. The molecule has 1 heterocycles. The molecule has 328 valence electrons. The smallest absolute Gasteiger partial charge is 0.147 e. The quantitative estimate of drug-likeness (QED) is 0.169. The molecule has 0 spiro atoms. The number of halogens is 2. The molecular formula is C58H78Cl2Hf. The van der Waals surface area contributed by atoms with E-state index in [1.54, 1.807) is 33.4 Å². The van der Waals surface area contributed by atoms with Gasteiger partial charge in [0.2, 0.25) is 0 Å². The van der Waals surface area contributed by atoms with E-state index in [-0.39, 0.29) is 46.5 Å². The molecule has 0 bridgehead atoms. The van der Waals surface area contributed by atoms with Gasteiger partial charge in [-0.2, -0.15) is 0 Å². The summed E-state index contributed by atoms with van der Waals surface area (Å²) in [7, 11) is 0. The number of allylic oxidation sites excluding steroid dienone is 2. The van der Waals surface area contributed by atoms with Crippen LogP contribution in [0.4, 0.5) is 0 Å². The molecule has 4 unspecified atom stereocenters. The van der Waals surface area contributed by atoms with E-state index in [9.17, 15) is 0 Å². The summed E-state index contributed by atoms with van der Waals surface area (Å²) in [6.07, 6.45) is 11.3. The third kappa shape index (κ3) is 8.35. The molecule has 4 atom stereocenters. The second-order valence-corrected chi connectivity index (χ2v) is 40.8. The third-order valence-electron chi connectivity index (χ3n) is 15.4. The Kier molecular flexibility index (Phi) is 13.2. The molecule has 0 N–H and O–H groups in total. The molecule has 4 aromatic rings. The van der Waals surface area contributed by atoms with Gasteiger partial charge in [-0.1, -0.05) is 0 Å². The van der Waals surface area contributed by atoms with Gasteiger partial charge >= 0.3 is 367 Å². The van der Waals surface area contributed by atoms with E-state index in [0.717, 1.165) is 7.35 Å². The van der Waals surface area contributed by atoms with Crippen molar-refractivity contribution in [2.45, 2.75) is 173 Å². The molecule has 0 radical (unpaired) electrons. The van der Waals surface area contributed by atoms with Crippen molar-refractivity contribution in [1.82, 2.24) is 0 Å². The zero-order valence-corrected chi connectivity index (χ0v) is 45.9. The largest absolute Gasteiger partial charge is 0.147 e. The van der Waals surface area contributed by atoms with Crippen molar-refractivity contribution >= 4 is 37.0 Å². The van der Waals surface area contributed by atoms with Gasteiger partial charge in [0.15, 0.2) is 0 Å². The average molecular weight is 1020 g/mol. The summed E-state index contributed by atoms with van der Waals surface area (Å²) in [5, 5.41) is 0. The van der Waals surface area contributed by atoms with E-state index in [4.69, 9.17) is 0 Å². The fraction of sp³-hybridized carbons (Fsp3) is 0.517. The van der Waals surface area contributed by atoms with Crippen LogP contribution in [0.5, 0.6) is 0 Å². The Morgan fingerprint density at radius 1 is 0.459 bits per heavy atom. The van der Waals surface area contributed by atoms with Gasteiger partial charge in [0.25, 0.3) is 0 Å². The first-order valence-corrected chi connectivity index (χ1v) is 31.7. The molecule has 2 fully saturated rings. The summed E-state index contributed by atoms with van der Waals surface area (Å²) in [4.78, 5) is 0. The molecule has 1 saturated carbocycles. The van der Waals surface area contributed by atoms with Gasteiger partial charge in [-0.15, -0.1) is 24.8 Å². The fourth-order valence-electron chi connectivity index (χ4n) is 12.0. The molecule has 0 aromatic heterocycles. The van der Waals surface area contributed by atoms with Gasteiger partial charge in [-0.25, -0.2) is 0 Å². The number of benzene rings is 4. The van der Waals surface area contributed by atoms with Crippen LogP contribution in [0.1, 0.15) is 188 Å². The Balaban J connectivity index is 0.00000311. The molecule has 3 aliphatic carbocycles. The second-order valence-electron chi connectivity index (χ2n) is 24.2. The summed E-state index contributed by atoms with van der Waals surface area (Å²) in [6, 6.07) is 30.1. The zero-order valence-electron chi connectivity index (χ0n) is 40.7. The van der Waals surface area contributed by atoms with Crippen LogP contribution in [0.3, 0.4) is 0 Å². The van der Waals surface area contributed by atoms with Crippen molar-refractivity contribution in [3.05, 3.63) is 128 Å². The summed E-state index contributed by atoms with van der Waals surface area (Å²) < 4.78 is 3.20. The minimum atomic E-state index is -3.44. The van der Waals surface area contributed by atoms with Crippen molar-refractivity contribution in [2.24, 2.45) is 11.8 Å². The van der Waals surface area contributed by atoms with Crippen LogP contribution >= 0.6 is 24.8 Å². The number of fused-ring (bicyclic) bond motifs is 3. The van der Waals surface area contributed by atoms with E-state index in [2.05, 4.69) is 196 Å². The first-order valence-electron chi connectivity index (χ1n) is 23.5. The van der Waals surface area contributed by atoms with E-state index in [0.29, 0.717) is 19.2 Å². The maximum Gasteiger partial charge on any atom is -0.147 e. The second kappa shape index (κ2) is 16.7. The third-order valence-corrected chi connectivity index (χ3v) is 40.0. The summed E-state index contributed by atoms with van der Waals surface area (Å²) in [5.41, 5.74) is 21.8. The van der Waals surface area contributed by atoms with Crippen LogP contribution in [0.15, 0.2) is 83.9 Å². The molecule has 4 aliphatic rings. The molecular weight excluding hydrogens is 946 g/mol. The normalized spacial score (nSPS) is 23.4. The standard InChI is InChI=1S/2C26H33.C6H10.2ClH.Hf/c2*1-17(2)19-12-18-10-9-11-23(24(18)15-19)20-13-21(25(3,4)5)16-22(14-20)26(6,7)8;1-2-4-6-5-3-1;;;/h2*9-17H,1-8H3;1-2H,3-6H2;2*1H;. The van der Waals surface area contributed by atoms with Gasteiger partial charge in [0.1, 0.15) is 0 Å². The van der Waals surface area contributed by atoms with Crippen LogP contribution in [0.2, 0.25) is 7.35 Å². The Morgan fingerprint density at radius 3 is 1.05 bits per heavy atom. The van der Waals surface area contributed by atoms with E-state index in [1.165, 1.54) is 70.2 Å². The Bertz CT molecular complexity index is 2130. The fourth-order valence-corrected chi connectivity index (χ4v) is 48.3. The molecule has 1 aliphatic heterocycles. The summed E-state index contributed by atoms with van der Waals surface area (Å²) in [6.45, 7) is 38.6. The summed E-state index contributed by atoms with van der Waals surface area (Å²) in [5.74, 6) is 1.06. The first-order chi connectivity index (χ1) is 27.4. The maximum absolute atomic E-state index is 3.44. The van der Waals surface area contributed by atoms with Crippen LogP contribution in [0, 0.1) is 11.8 Å². The van der Waals surface area contributed by atoms with Gasteiger partial charge in [0.05, 0.1) is 0 Å². The van der Waals surface area contributed by atoms with Crippen molar-refractivity contribution in [2.75, 3.05) is 0 Å². The van der Waals surface area contributed by atoms with E-state index in [1.807, 2.05) is 0 Å². The Labute approximate surface area is 389 Å². The molecule has 61 heavy (non-hydrogen) atoms. The van der Waals surface area contributed by atoms with Gasteiger partial charge in [-0.3, -0.25) is 0 Å². The number of rotatable bonds is 6. The van der Waals surface area contributed by atoms with E-state index < -0.39 is 20.0 Å². The zero-order chi connectivity index (χ0) is 42.8. The van der Waals surface area contributed by atoms with Gasteiger partial charge in [0, 0.05) is 0 Å². The Hall–Kier alpha value is -2.19. The van der Waals surface area contributed by atoms with Crippen LogP contribution in [0.25, 0.3) is 34.4 Å². The minimum absolute atomic E-state index is 0. The van der Waals surface area contributed by atoms with Crippen molar-refractivity contribution in [3.8, 4) is 22.3 Å². The molecule has 4 aromatic carbocycles. The van der Waals surface area contributed by atoms with Crippen LogP contribution in [-0.2, 0) is 41.6 Å². The van der Waals surface area contributed by atoms with Crippen LogP contribution < -0.4 is 0 Å². The van der Waals surface area contributed by atoms with Crippen LogP contribution in [-0.4, -0.2) is 0 Å². The van der Waals surface area contributed by atoms with Gasteiger partial charge in [-0.05, 0) is 0 Å². The molecule has 0 nitrogen and oxygen atoms in total. The van der Waals surface area contributed by atoms with Crippen molar-refractivity contribution < 1.29 is 20.0 Å². The van der Waals surface area contributed by atoms with E-state index >= 15 is 0 Å². The average Bonchev–Trinajstić information content (AvgIpc) is 3.41. The summed E-state index contributed by atoms with van der Waals surface area (Å²) >= 11 is -3.44. The monoisotopic (exact) mass is 1020 g/mol. The predicted octanol–water partition coefficient (Wildman–Crippen LogP) is 18.3. The molecule has 3 heteroatoms. The molecule has 1 saturated heterocycles. The molecule has 0 amide bonds. The SMILES string of the molecule is CC(C)C1=Cc2c(-c3cc(C(C)(C)C)cc(C(C)(C)C)c3)cccc2[CH]1[Hf]1([CH]2C(C(C)C)=Cc3c(-c4cc(C(C)(C)C)cc(C(C)(C)C)c4)cccc32)[CH]2CCCC[CH]21.Cl.Cl. The van der Waals surface area contributed by atoms with Crippen molar-refractivity contribution in [3.63, 3.8) is 0 Å².